The van der Waals surface area contributed by atoms with E-state index in [1.165, 1.54) is 12.1 Å². The summed E-state index contributed by atoms with van der Waals surface area (Å²) in [6.07, 6.45) is 0. The maximum absolute atomic E-state index is 13.1. The van der Waals surface area contributed by atoms with E-state index in [0.717, 1.165) is 44.6 Å². The second-order valence-corrected chi connectivity index (χ2v) is 7.76. The number of carbonyl (C=O) groups is 2. The normalized spacial score (nSPS) is 10.9. The summed E-state index contributed by atoms with van der Waals surface area (Å²) in [5.41, 5.74) is -0.470. The lowest BCUT2D eigenvalue weighted by molar-refractivity contribution is -0.384. The number of hydrogen-bond acceptors (Lipinski definition) is 8. The Balaban J connectivity index is 2.59. The van der Waals surface area contributed by atoms with Crippen LogP contribution in [0, 0.1) is 10.1 Å². The Morgan fingerprint density at radius 3 is 2.24 bits per heavy atom. The number of carbonyl (C=O) groups excluding carboxylic acids is 2. The molecule has 0 N–H and O–H groups in total. The molecule has 2 aromatic carbocycles. The van der Waals surface area contributed by atoms with Crippen LogP contribution in [0.2, 0.25) is 5.02 Å². The third kappa shape index (κ3) is 4.81. The van der Waals surface area contributed by atoms with Crippen molar-refractivity contribution in [3.05, 3.63) is 63.2 Å². The monoisotopic (exact) mass is 442 g/mol. The second kappa shape index (κ2) is 8.88. The van der Waals surface area contributed by atoms with E-state index in [1.54, 1.807) is 0 Å². The van der Waals surface area contributed by atoms with E-state index in [9.17, 15) is 28.1 Å². The molecule has 0 aromatic heterocycles. The first-order valence-electron chi connectivity index (χ1n) is 7.83. The minimum atomic E-state index is -4.35. The van der Waals surface area contributed by atoms with Crippen molar-refractivity contribution < 1.29 is 32.4 Å². The third-order valence-corrected chi connectivity index (χ3v) is 5.90. The van der Waals surface area contributed by atoms with E-state index in [2.05, 4.69) is 9.47 Å². The topological polar surface area (TPSA) is 133 Å². The van der Waals surface area contributed by atoms with Crippen LogP contribution in [0.1, 0.15) is 10.4 Å². The van der Waals surface area contributed by atoms with Crippen molar-refractivity contribution in [1.82, 2.24) is 0 Å². The van der Waals surface area contributed by atoms with Crippen LogP contribution in [0.3, 0.4) is 0 Å². The number of methoxy groups -OCH3 is 2. The SMILES string of the molecule is COC(=O)CN(c1ccc(Cl)c(C(=O)OC)c1)S(=O)(=O)c1ccc([N+](=O)[O-])cc1. The van der Waals surface area contributed by atoms with Gasteiger partial charge in [0.05, 0.1) is 40.3 Å². The van der Waals surface area contributed by atoms with Crippen LogP contribution >= 0.6 is 11.6 Å². The summed E-state index contributed by atoms with van der Waals surface area (Å²) in [4.78, 5) is 33.5. The van der Waals surface area contributed by atoms with Gasteiger partial charge in [-0.15, -0.1) is 0 Å². The van der Waals surface area contributed by atoms with Gasteiger partial charge < -0.3 is 9.47 Å². The molecule has 10 nitrogen and oxygen atoms in total. The van der Waals surface area contributed by atoms with Crippen molar-refractivity contribution in [1.29, 1.82) is 0 Å². The molecule has 2 aromatic rings. The highest BCUT2D eigenvalue weighted by atomic mass is 35.5. The fourth-order valence-corrected chi connectivity index (χ4v) is 3.89. The largest absolute Gasteiger partial charge is 0.468 e. The summed E-state index contributed by atoms with van der Waals surface area (Å²) in [7, 11) is -2.13. The van der Waals surface area contributed by atoms with Gasteiger partial charge in [-0.2, -0.15) is 0 Å². The number of sulfonamides is 1. The van der Waals surface area contributed by atoms with Crippen LogP contribution in [-0.2, 0) is 24.3 Å². The molecule has 0 saturated heterocycles. The van der Waals surface area contributed by atoms with E-state index in [-0.39, 0.29) is 26.9 Å². The van der Waals surface area contributed by atoms with E-state index >= 15 is 0 Å². The van der Waals surface area contributed by atoms with Gasteiger partial charge in [0.25, 0.3) is 15.7 Å². The third-order valence-electron chi connectivity index (χ3n) is 3.78. The fourth-order valence-electron chi connectivity index (χ4n) is 2.30. The number of halogens is 1. The quantitative estimate of drug-likeness (QED) is 0.362. The smallest absolute Gasteiger partial charge is 0.339 e. The van der Waals surface area contributed by atoms with Crippen LogP contribution in [0.15, 0.2) is 47.4 Å². The zero-order valence-electron chi connectivity index (χ0n) is 15.2. The first-order valence-corrected chi connectivity index (χ1v) is 9.65. The number of nitro groups is 1. The molecule has 12 heteroatoms. The molecule has 154 valence electrons. The van der Waals surface area contributed by atoms with Crippen molar-refractivity contribution >= 4 is 44.9 Å². The summed E-state index contributed by atoms with van der Waals surface area (Å²) in [5.74, 6) is -1.67. The Morgan fingerprint density at radius 2 is 1.72 bits per heavy atom. The molecule has 0 aliphatic carbocycles. The van der Waals surface area contributed by atoms with E-state index in [1.807, 2.05) is 0 Å². The van der Waals surface area contributed by atoms with Crippen LogP contribution in [0.5, 0.6) is 0 Å². The zero-order chi connectivity index (χ0) is 21.8. The predicted molar refractivity (Wildman–Crippen MR) is 102 cm³/mol. The standard InChI is InChI=1S/C17H15ClN2O8S/c1-27-16(21)10-19(12-5-8-15(18)14(9-12)17(22)28-2)29(25,26)13-6-3-11(4-7-13)20(23)24/h3-9H,10H2,1-2H3. The van der Waals surface area contributed by atoms with Crippen LogP contribution < -0.4 is 4.31 Å². The summed E-state index contributed by atoms with van der Waals surface area (Å²) in [5, 5.41) is 10.8. The number of rotatable bonds is 7. The van der Waals surface area contributed by atoms with Crippen LogP contribution in [0.25, 0.3) is 0 Å². The molecule has 0 spiro atoms. The Morgan fingerprint density at radius 1 is 1.10 bits per heavy atom. The molecule has 0 saturated carbocycles. The minimum Gasteiger partial charge on any atom is -0.468 e. The highest BCUT2D eigenvalue weighted by molar-refractivity contribution is 7.92. The number of anilines is 1. The van der Waals surface area contributed by atoms with Gasteiger partial charge in [-0.25, -0.2) is 13.2 Å². The van der Waals surface area contributed by atoms with Gasteiger partial charge in [0, 0.05) is 12.1 Å². The van der Waals surface area contributed by atoms with Gasteiger partial charge in [0.15, 0.2) is 0 Å². The predicted octanol–water partition coefficient (Wildman–Crippen LogP) is 2.40. The average molecular weight is 443 g/mol. The van der Waals surface area contributed by atoms with Crippen molar-refractivity contribution in [3.63, 3.8) is 0 Å². The number of esters is 2. The number of benzene rings is 2. The highest BCUT2D eigenvalue weighted by Gasteiger charge is 2.29. The summed E-state index contributed by atoms with van der Waals surface area (Å²) in [6, 6.07) is 7.83. The lowest BCUT2D eigenvalue weighted by Gasteiger charge is -2.24. The Labute approximate surface area is 170 Å². The highest BCUT2D eigenvalue weighted by Crippen LogP contribution is 2.29. The van der Waals surface area contributed by atoms with E-state index < -0.39 is 33.4 Å². The average Bonchev–Trinajstić information content (AvgIpc) is 2.71. The molecule has 0 amide bonds. The molecule has 0 radical (unpaired) electrons. The summed E-state index contributed by atoms with van der Waals surface area (Å²) < 4.78 is 36.1. The van der Waals surface area contributed by atoms with Crippen LogP contribution in [0.4, 0.5) is 11.4 Å². The molecule has 0 atom stereocenters. The number of ether oxygens (including phenoxy) is 2. The molecule has 0 heterocycles. The molecule has 0 bridgehead atoms. The van der Waals surface area contributed by atoms with E-state index in [4.69, 9.17) is 11.6 Å². The molecule has 0 aliphatic rings. The van der Waals surface area contributed by atoms with Gasteiger partial charge >= 0.3 is 11.9 Å². The summed E-state index contributed by atoms with van der Waals surface area (Å²) >= 11 is 5.96. The number of hydrogen-bond donors (Lipinski definition) is 0. The Kier molecular flexibility index (Phi) is 6.77. The second-order valence-electron chi connectivity index (χ2n) is 5.49. The van der Waals surface area contributed by atoms with Gasteiger partial charge in [0.2, 0.25) is 0 Å². The first-order chi connectivity index (χ1) is 13.6. The molecule has 0 fully saturated rings. The zero-order valence-corrected chi connectivity index (χ0v) is 16.8. The summed E-state index contributed by atoms with van der Waals surface area (Å²) in [6.45, 7) is -0.710. The van der Waals surface area contributed by atoms with Crippen molar-refractivity contribution in [2.75, 3.05) is 25.1 Å². The Bertz CT molecular complexity index is 1050. The van der Waals surface area contributed by atoms with Gasteiger partial charge in [-0.1, -0.05) is 11.6 Å². The maximum Gasteiger partial charge on any atom is 0.339 e. The van der Waals surface area contributed by atoms with Crippen LogP contribution in [-0.4, -0.2) is 46.0 Å². The molecule has 29 heavy (non-hydrogen) atoms. The lowest BCUT2D eigenvalue weighted by atomic mass is 10.2. The number of nitro benzene ring substituents is 1. The number of nitrogens with zero attached hydrogens (tertiary/aromatic N) is 2. The minimum absolute atomic E-state index is 0.0198. The van der Waals surface area contributed by atoms with Gasteiger partial charge in [-0.05, 0) is 30.3 Å². The number of non-ortho nitro benzene ring substituents is 1. The van der Waals surface area contributed by atoms with E-state index in [0.29, 0.717) is 4.31 Å². The van der Waals surface area contributed by atoms with Crippen molar-refractivity contribution in [2.24, 2.45) is 0 Å². The molecular weight excluding hydrogens is 428 g/mol. The molecule has 0 aliphatic heterocycles. The van der Waals surface area contributed by atoms with Gasteiger partial charge in [-0.3, -0.25) is 19.2 Å². The lowest BCUT2D eigenvalue weighted by Crippen LogP contribution is -2.36. The first kappa shape index (κ1) is 22.1. The maximum atomic E-state index is 13.1. The van der Waals surface area contributed by atoms with Crippen molar-refractivity contribution in [2.45, 2.75) is 4.90 Å². The fraction of sp³-hybridized carbons (Fsp3) is 0.176. The van der Waals surface area contributed by atoms with Crippen molar-refractivity contribution in [3.8, 4) is 0 Å². The Hall–Kier alpha value is -3.18. The molecular formula is C17H15ClN2O8S. The van der Waals surface area contributed by atoms with Gasteiger partial charge in [0.1, 0.15) is 6.54 Å². The molecule has 2 rings (SSSR count). The molecule has 0 unspecified atom stereocenters.